The molecule has 0 aliphatic rings. The van der Waals surface area contributed by atoms with Crippen LogP contribution in [0, 0.1) is 0 Å². The number of imidazole rings is 2. The van der Waals surface area contributed by atoms with Gasteiger partial charge in [0, 0.05) is 36.2 Å². The van der Waals surface area contributed by atoms with Crippen molar-refractivity contribution in [3.05, 3.63) is 73.3 Å². The Labute approximate surface area is 194 Å². The number of hydrogen-bond acceptors (Lipinski definition) is 6. The summed E-state index contributed by atoms with van der Waals surface area (Å²) in [7, 11) is 0. The summed E-state index contributed by atoms with van der Waals surface area (Å²) < 4.78 is 11.2. The second-order valence-electron chi connectivity index (χ2n) is 5.58. The maximum atomic E-state index is 5.61. The van der Waals surface area contributed by atoms with Gasteiger partial charge in [-0.2, -0.15) is 0 Å². The number of nitrogens with zero attached hydrogens (tertiary/aromatic N) is 2. The molecular formula is C21H28Cl2N6O2. The number of hydrogen-bond donors (Lipinski definition) is 4. The van der Waals surface area contributed by atoms with Crippen molar-refractivity contribution in [2.75, 3.05) is 17.4 Å². The Morgan fingerprint density at radius 1 is 0.645 bits per heavy atom. The molecule has 0 radical (unpaired) electrons. The normalized spacial score (nSPS) is 9.03. The maximum Gasteiger partial charge on any atom is 0.230 e. The number of benzene rings is 2. The van der Waals surface area contributed by atoms with Gasteiger partial charge in [0.15, 0.2) is 0 Å². The Bertz CT molecular complexity index is 867. The number of aromatic amines is 2. The van der Waals surface area contributed by atoms with Crippen molar-refractivity contribution >= 4 is 48.1 Å². The van der Waals surface area contributed by atoms with Crippen LogP contribution in [0.4, 0.5) is 23.3 Å². The van der Waals surface area contributed by atoms with Gasteiger partial charge in [-0.1, -0.05) is 14.9 Å². The Morgan fingerprint density at radius 2 is 1.03 bits per heavy atom. The van der Waals surface area contributed by atoms with E-state index in [9.17, 15) is 0 Å². The van der Waals surface area contributed by atoms with Gasteiger partial charge < -0.3 is 30.1 Å². The molecule has 2 aromatic carbocycles. The van der Waals surface area contributed by atoms with Crippen LogP contribution in [-0.4, -0.2) is 26.7 Å². The van der Waals surface area contributed by atoms with Crippen LogP contribution < -0.4 is 20.1 Å². The van der Waals surface area contributed by atoms with E-state index in [1.54, 1.807) is 24.8 Å². The molecule has 0 atom stereocenters. The summed E-state index contributed by atoms with van der Waals surface area (Å²) >= 11 is 0. The molecule has 8 nitrogen and oxygen atoms in total. The van der Waals surface area contributed by atoms with Gasteiger partial charge in [0.25, 0.3) is 0 Å². The monoisotopic (exact) mass is 466 g/mol. The Kier molecular flexibility index (Phi) is 12.3. The minimum atomic E-state index is 0. The highest BCUT2D eigenvalue weighted by atomic mass is 35.5. The number of anilines is 4. The van der Waals surface area contributed by atoms with Gasteiger partial charge >= 0.3 is 0 Å². The standard InChI is InChI=1S/C19H18N6O2.2CH4.2ClH/c1-5-16(6-2-14(1)24-18-20-9-10-21-18)26-13-27-17-7-3-15(4-8-17)25-19-22-11-12-23-19;;;;/h1-12H,13H2,(H2,20,21,24)(H2,22,23,25);2*1H4;2*1H. The van der Waals surface area contributed by atoms with E-state index in [-0.39, 0.29) is 46.5 Å². The van der Waals surface area contributed by atoms with E-state index >= 15 is 0 Å². The molecule has 0 saturated heterocycles. The van der Waals surface area contributed by atoms with Gasteiger partial charge in [0.1, 0.15) is 11.5 Å². The number of halogens is 2. The SMILES string of the molecule is C.C.Cl.Cl.c1c[nH]c(Nc2ccc(OCOc3ccc(Nc4ncc[nH]4)cc3)cc2)n1. The topological polar surface area (TPSA) is 99.9 Å². The lowest BCUT2D eigenvalue weighted by molar-refractivity contribution is 0.120. The average molecular weight is 467 g/mol. The van der Waals surface area contributed by atoms with Crippen molar-refractivity contribution in [2.45, 2.75) is 14.9 Å². The predicted octanol–water partition coefficient (Wildman–Crippen LogP) is 6.15. The van der Waals surface area contributed by atoms with Crippen LogP contribution >= 0.6 is 24.8 Å². The molecule has 0 aliphatic carbocycles. The van der Waals surface area contributed by atoms with Gasteiger partial charge in [0.2, 0.25) is 18.7 Å². The van der Waals surface area contributed by atoms with Crippen LogP contribution in [0.3, 0.4) is 0 Å². The average Bonchev–Trinajstić information content (AvgIpc) is 3.39. The third-order valence-corrected chi connectivity index (χ3v) is 3.68. The van der Waals surface area contributed by atoms with Crippen molar-refractivity contribution < 1.29 is 9.47 Å². The molecule has 31 heavy (non-hydrogen) atoms. The molecule has 0 fully saturated rings. The first-order valence-corrected chi connectivity index (χ1v) is 8.34. The minimum Gasteiger partial charge on any atom is -0.458 e. The van der Waals surface area contributed by atoms with E-state index in [0.717, 1.165) is 22.9 Å². The molecular weight excluding hydrogens is 439 g/mol. The Hall–Kier alpha value is -3.36. The van der Waals surface area contributed by atoms with Crippen LogP contribution in [0.2, 0.25) is 0 Å². The summed E-state index contributed by atoms with van der Waals surface area (Å²) in [5, 5.41) is 6.30. The summed E-state index contributed by atoms with van der Waals surface area (Å²) in [5.41, 5.74) is 1.83. The number of H-pyrrole nitrogens is 2. The smallest absolute Gasteiger partial charge is 0.230 e. The van der Waals surface area contributed by atoms with Gasteiger partial charge in [-0.05, 0) is 48.5 Å². The second kappa shape index (κ2) is 13.8. The summed E-state index contributed by atoms with van der Waals surface area (Å²) in [6, 6.07) is 15.1. The molecule has 0 spiro atoms. The highest BCUT2D eigenvalue weighted by molar-refractivity contribution is 5.85. The first kappa shape index (κ1) is 27.6. The summed E-state index contributed by atoms with van der Waals surface area (Å²) in [6.45, 7) is 0.121. The molecule has 0 unspecified atom stereocenters. The highest BCUT2D eigenvalue weighted by Gasteiger charge is 2.00. The molecule has 4 rings (SSSR count). The van der Waals surface area contributed by atoms with Gasteiger partial charge in [-0.15, -0.1) is 24.8 Å². The van der Waals surface area contributed by atoms with E-state index in [0.29, 0.717) is 11.9 Å². The first-order chi connectivity index (χ1) is 13.3. The zero-order chi connectivity index (χ0) is 18.3. The van der Waals surface area contributed by atoms with Crippen LogP contribution in [0.25, 0.3) is 0 Å². The van der Waals surface area contributed by atoms with E-state index < -0.39 is 0 Å². The van der Waals surface area contributed by atoms with Crippen LogP contribution in [0.15, 0.2) is 73.3 Å². The summed E-state index contributed by atoms with van der Waals surface area (Å²) in [6.07, 6.45) is 6.90. The van der Waals surface area contributed by atoms with E-state index in [1.165, 1.54) is 0 Å². The Morgan fingerprint density at radius 3 is 1.35 bits per heavy atom. The van der Waals surface area contributed by atoms with Crippen molar-refractivity contribution in [1.29, 1.82) is 0 Å². The highest BCUT2D eigenvalue weighted by Crippen LogP contribution is 2.20. The predicted molar refractivity (Wildman–Crippen MR) is 131 cm³/mol. The van der Waals surface area contributed by atoms with Gasteiger partial charge in [-0.25, -0.2) is 9.97 Å². The third-order valence-electron chi connectivity index (χ3n) is 3.68. The molecule has 0 bridgehead atoms. The third kappa shape index (κ3) is 8.12. The molecule has 2 aromatic heterocycles. The van der Waals surface area contributed by atoms with Gasteiger partial charge in [-0.3, -0.25) is 0 Å². The largest absolute Gasteiger partial charge is 0.458 e. The fourth-order valence-electron chi connectivity index (χ4n) is 2.38. The Balaban J connectivity index is 0.00000225. The van der Waals surface area contributed by atoms with Crippen molar-refractivity contribution in [3.63, 3.8) is 0 Å². The fourth-order valence-corrected chi connectivity index (χ4v) is 2.38. The zero-order valence-electron chi connectivity index (χ0n) is 15.2. The molecule has 0 aliphatic heterocycles. The lowest BCUT2D eigenvalue weighted by atomic mass is 10.3. The van der Waals surface area contributed by atoms with Crippen molar-refractivity contribution in [3.8, 4) is 11.5 Å². The molecule has 0 saturated carbocycles. The number of rotatable bonds is 8. The van der Waals surface area contributed by atoms with Gasteiger partial charge in [0.05, 0.1) is 0 Å². The molecule has 0 amide bonds. The second-order valence-corrected chi connectivity index (χ2v) is 5.58. The number of nitrogens with one attached hydrogen (secondary N) is 4. The lowest BCUT2D eigenvalue weighted by Gasteiger charge is -2.10. The number of ether oxygens (including phenoxy) is 2. The van der Waals surface area contributed by atoms with Crippen molar-refractivity contribution in [2.24, 2.45) is 0 Å². The van der Waals surface area contributed by atoms with Crippen LogP contribution in [-0.2, 0) is 0 Å². The van der Waals surface area contributed by atoms with E-state index in [4.69, 9.17) is 9.47 Å². The summed E-state index contributed by atoms with van der Waals surface area (Å²) in [4.78, 5) is 14.2. The van der Waals surface area contributed by atoms with Crippen LogP contribution in [0.5, 0.6) is 11.5 Å². The molecule has 4 aromatic rings. The zero-order valence-corrected chi connectivity index (χ0v) is 16.8. The minimum absolute atomic E-state index is 0. The number of aromatic nitrogens is 4. The molecule has 4 N–H and O–H groups in total. The fraction of sp³-hybridized carbons (Fsp3) is 0.143. The van der Waals surface area contributed by atoms with Crippen LogP contribution in [0.1, 0.15) is 14.9 Å². The molecule has 168 valence electrons. The first-order valence-electron chi connectivity index (χ1n) is 8.34. The van der Waals surface area contributed by atoms with E-state index in [2.05, 4.69) is 30.6 Å². The maximum absolute atomic E-state index is 5.61. The molecule has 2 heterocycles. The summed E-state index contributed by atoms with van der Waals surface area (Å²) in [5.74, 6) is 2.82. The van der Waals surface area contributed by atoms with Crippen molar-refractivity contribution in [1.82, 2.24) is 19.9 Å². The molecule has 10 heteroatoms. The quantitative estimate of drug-likeness (QED) is 0.232. The van der Waals surface area contributed by atoms with E-state index in [1.807, 2.05) is 48.5 Å². The lowest BCUT2D eigenvalue weighted by Crippen LogP contribution is -2.05.